The number of nitrogens with one attached hydrogen (secondary N) is 1. The number of carbonyl (C=O) groups is 2. The highest BCUT2D eigenvalue weighted by Gasteiger charge is 2.27. The maximum absolute atomic E-state index is 12.3. The number of pyridine rings is 1. The smallest absolute Gasteiger partial charge is 0.270 e. The van der Waals surface area contributed by atoms with E-state index in [1.165, 1.54) is 6.20 Å². The van der Waals surface area contributed by atoms with Gasteiger partial charge in [-0.3, -0.25) is 14.6 Å². The van der Waals surface area contributed by atoms with Crippen molar-refractivity contribution in [2.75, 3.05) is 27.2 Å². The Morgan fingerprint density at radius 2 is 1.95 bits per heavy atom. The number of aromatic nitrogens is 1. The van der Waals surface area contributed by atoms with E-state index in [4.69, 9.17) is 0 Å². The van der Waals surface area contributed by atoms with Crippen LogP contribution in [0.2, 0.25) is 0 Å². The van der Waals surface area contributed by atoms with Crippen molar-refractivity contribution in [1.82, 2.24) is 15.2 Å². The van der Waals surface area contributed by atoms with Gasteiger partial charge in [-0.15, -0.1) is 0 Å². The highest BCUT2D eigenvalue weighted by atomic mass is 16.2. The zero-order valence-electron chi connectivity index (χ0n) is 12.9. The van der Waals surface area contributed by atoms with E-state index < -0.39 is 5.41 Å². The molecule has 110 valence electrons. The third kappa shape index (κ3) is 4.42. The summed E-state index contributed by atoms with van der Waals surface area (Å²) in [5.41, 5.74) is 0.0374. The van der Waals surface area contributed by atoms with Gasteiger partial charge in [0.15, 0.2) is 5.78 Å². The summed E-state index contributed by atoms with van der Waals surface area (Å²) >= 11 is 0. The number of carbonyl (C=O) groups excluding carboxylic acids is 2. The number of likely N-dealkylation sites (N-methyl/N-ethyl adjacent to an activating group) is 1. The van der Waals surface area contributed by atoms with E-state index in [9.17, 15) is 9.59 Å². The number of rotatable bonds is 5. The van der Waals surface area contributed by atoms with Gasteiger partial charge in [-0.2, -0.15) is 0 Å². The van der Waals surface area contributed by atoms with Gasteiger partial charge in [0.05, 0.1) is 0 Å². The molecule has 0 spiro atoms. The molecule has 1 aromatic rings. The van der Waals surface area contributed by atoms with Crippen molar-refractivity contribution in [3.8, 4) is 0 Å². The van der Waals surface area contributed by atoms with Crippen molar-refractivity contribution in [3.63, 3.8) is 0 Å². The molecule has 0 aromatic carbocycles. The number of hydrogen-bond donors (Lipinski definition) is 1. The Morgan fingerprint density at radius 1 is 1.30 bits per heavy atom. The zero-order valence-corrected chi connectivity index (χ0v) is 12.9. The van der Waals surface area contributed by atoms with Gasteiger partial charge < -0.3 is 10.2 Å². The second-order valence-corrected chi connectivity index (χ2v) is 6.04. The molecule has 0 unspecified atom stereocenters. The molecule has 0 saturated heterocycles. The average molecular weight is 277 g/mol. The molecule has 0 atom stereocenters. The first-order chi connectivity index (χ1) is 9.23. The van der Waals surface area contributed by atoms with E-state index in [2.05, 4.69) is 10.3 Å². The van der Waals surface area contributed by atoms with Crippen LogP contribution < -0.4 is 5.32 Å². The largest absolute Gasteiger partial charge is 0.349 e. The summed E-state index contributed by atoms with van der Waals surface area (Å²) in [5.74, 6) is -0.386. The first-order valence-corrected chi connectivity index (χ1v) is 6.66. The van der Waals surface area contributed by atoms with Gasteiger partial charge in [0.2, 0.25) is 0 Å². The Labute approximate surface area is 120 Å². The molecule has 1 N–H and O–H groups in total. The minimum Gasteiger partial charge on any atom is -0.349 e. The predicted molar refractivity (Wildman–Crippen MR) is 78.9 cm³/mol. The van der Waals surface area contributed by atoms with Crippen LogP contribution >= 0.6 is 0 Å². The van der Waals surface area contributed by atoms with Crippen molar-refractivity contribution >= 4 is 11.7 Å². The van der Waals surface area contributed by atoms with Crippen molar-refractivity contribution in [2.24, 2.45) is 5.41 Å². The molecular formula is C15H23N3O2. The predicted octanol–water partition coefficient (Wildman–Crippen LogP) is 1.60. The Bertz CT molecular complexity index is 490. The fourth-order valence-corrected chi connectivity index (χ4v) is 1.65. The van der Waals surface area contributed by atoms with E-state index in [0.29, 0.717) is 12.1 Å². The van der Waals surface area contributed by atoms with Gasteiger partial charge in [-0.05, 0) is 26.2 Å². The number of hydrogen-bond acceptors (Lipinski definition) is 4. The van der Waals surface area contributed by atoms with Gasteiger partial charge in [0.25, 0.3) is 5.91 Å². The number of nitrogens with zero attached hydrogens (tertiary/aromatic N) is 2. The molecule has 0 fully saturated rings. The molecule has 20 heavy (non-hydrogen) atoms. The Kier molecular flexibility index (Phi) is 5.39. The summed E-state index contributed by atoms with van der Waals surface area (Å²) in [5, 5.41) is 2.78. The van der Waals surface area contributed by atoms with Crippen LogP contribution in [0.15, 0.2) is 18.3 Å². The molecule has 1 aromatic heterocycles. The van der Waals surface area contributed by atoms with Crippen LogP contribution in [0.4, 0.5) is 0 Å². The van der Waals surface area contributed by atoms with E-state index in [1.54, 1.807) is 12.1 Å². The molecule has 0 aliphatic heterocycles. The van der Waals surface area contributed by atoms with Crippen LogP contribution in [-0.2, 0) is 0 Å². The van der Waals surface area contributed by atoms with Crippen LogP contribution in [0.3, 0.4) is 0 Å². The highest BCUT2D eigenvalue weighted by molar-refractivity contribution is 6.08. The summed E-state index contributed by atoms with van der Waals surface area (Å²) < 4.78 is 0. The number of ketones is 1. The molecule has 1 heterocycles. The standard InChI is InChI=1S/C15H23N3O2/c1-15(2,3)13(19)11-7-6-8-16-12(11)14(20)17-9-10-18(4)5/h6-8H,9-10H2,1-5H3,(H,17,20). The van der Waals surface area contributed by atoms with Gasteiger partial charge in [-0.25, -0.2) is 0 Å². The molecule has 0 aliphatic carbocycles. The molecule has 0 saturated carbocycles. The number of amides is 1. The SMILES string of the molecule is CN(C)CCNC(=O)c1ncccc1C(=O)C(C)(C)C. The van der Waals surface area contributed by atoms with Gasteiger partial charge in [0, 0.05) is 30.3 Å². The fraction of sp³-hybridized carbons (Fsp3) is 0.533. The molecule has 5 nitrogen and oxygen atoms in total. The molecule has 0 radical (unpaired) electrons. The monoisotopic (exact) mass is 277 g/mol. The average Bonchev–Trinajstić information content (AvgIpc) is 2.36. The highest BCUT2D eigenvalue weighted by Crippen LogP contribution is 2.22. The molecule has 5 heteroatoms. The normalized spacial score (nSPS) is 11.5. The van der Waals surface area contributed by atoms with Gasteiger partial charge >= 0.3 is 0 Å². The Hall–Kier alpha value is -1.75. The zero-order chi connectivity index (χ0) is 15.3. The minimum absolute atomic E-state index is 0.0802. The number of Topliss-reactive ketones (excluding diaryl/α,β-unsaturated/α-hetero) is 1. The molecule has 1 rings (SSSR count). The third-order valence-electron chi connectivity index (χ3n) is 2.79. The van der Waals surface area contributed by atoms with Crippen LogP contribution in [0.25, 0.3) is 0 Å². The molecule has 1 amide bonds. The van der Waals surface area contributed by atoms with Crippen LogP contribution in [0.1, 0.15) is 41.6 Å². The lowest BCUT2D eigenvalue weighted by atomic mass is 9.86. The maximum Gasteiger partial charge on any atom is 0.270 e. The minimum atomic E-state index is -0.540. The van der Waals surface area contributed by atoms with Crippen LogP contribution in [0.5, 0.6) is 0 Å². The summed E-state index contributed by atoms with van der Waals surface area (Å²) in [6.45, 7) is 6.74. The van der Waals surface area contributed by atoms with E-state index >= 15 is 0 Å². The quantitative estimate of drug-likeness (QED) is 0.830. The second-order valence-electron chi connectivity index (χ2n) is 6.04. The van der Waals surface area contributed by atoms with Gasteiger partial charge in [-0.1, -0.05) is 20.8 Å². The first kappa shape index (κ1) is 16.3. The van der Waals surface area contributed by atoms with Crippen LogP contribution in [-0.4, -0.2) is 48.8 Å². The molecular weight excluding hydrogens is 254 g/mol. The van der Waals surface area contributed by atoms with E-state index in [1.807, 2.05) is 39.8 Å². The molecule has 0 bridgehead atoms. The van der Waals surface area contributed by atoms with Crippen molar-refractivity contribution in [2.45, 2.75) is 20.8 Å². The van der Waals surface area contributed by atoms with Crippen LogP contribution in [0, 0.1) is 5.41 Å². The molecule has 0 aliphatic rings. The Morgan fingerprint density at radius 3 is 2.50 bits per heavy atom. The lowest BCUT2D eigenvalue weighted by molar-refractivity contribution is 0.0845. The lowest BCUT2D eigenvalue weighted by Gasteiger charge is -2.18. The summed E-state index contributed by atoms with van der Waals surface area (Å²) in [6.07, 6.45) is 1.53. The maximum atomic E-state index is 12.3. The third-order valence-corrected chi connectivity index (χ3v) is 2.79. The fourth-order valence-electron chi connectivity index (χ4n) is 1.65. The first-order valence-electron chi connectivity index (χ1n) is 6.66. The lowest BCUT2D eigenvalue weighted by Crippen LogP contribution is -2.33. The van der Waals surface area contributed by atoms with E-state index in [-0.39, 0.29) is 17.4 Å². The second kappa shape index (κ2) is 6.61. The summed E-state index contributed by atoms with van der Waals surface area (Å²) in [4.78, 5) is 30.5. The van der Waals surface area contributed by atoms with Crippen molar-refractivity contribution in [3.05, 3.63) is 29.6 Å². The van der Waals surface area contributed by atoms with Crippen molar-refractivity contribution in [1.29, 1.82) is 0 Å². The van der Waals surface area contributed by atoms with E-state index in [0.717, 1.165) is 6.54 Å². The Balaban J connectivity index is 2.90. The summed E-state index contributed by atoms with van der Waals surface area (Å²) in [6, 6.07) is 3.33. The van der Waals surface area contributed by atoms with Gasteiger partial charge in [0.1, 0.15) is 5.69 Å². The summed E-state index contributed by atoms with van der Waals surface area (Å²) in [7, 11) is 3.86. The van der Waals surface area contributed by atoms with Crippen molar-refractivity contribution < 1.29 is 9.59 Å². The topological polar surface area (TPSA) is 62.3 Å².